The molecule has 0 aliphatic carbocycles. The van der Waals surface area contributed by atoms with Gasteiger partial charge in [0, 0.05) is 19.2 Å². The fourth-order valence-corrected chi connectivity index (χ4v) is 2.48. The number of benzene rings is 1. The molecule has 0 unspecified atom stereocenters. The minimum absolute atomic E-state index is 0.136. The van der Waals surface area contributed by atoms with Crippen LogP contribution in [0.1, 0.15) is 25.3 Å². The summed E-state index contributed by atoms with van der Waals surface area (Å²) in [5.41, 5.74) is 6.87. The van der Waals surface area contributed by atoms with Crippen molar-refractivity contribution < 1.29 is 14.0 Å². The van der Waals surface area contributed by atoms with Gasteiger partial charge < -0.3 is 10.6 Å². The summed E-state index contributed by atoms with van der Waals surface area (Å²) in [5, 5.41) is 0. The summed E-state index contributed by atoms with van der Waals surface area (Å²) in [6.07, 6.45) is 3.04. The summed E-state index contributed by atoms with van der Waals surface area (Å²) >= 11 is 0. The number of rotatable bonds is 3. The Bertz CT molecular complexity index is 566. The van der Waals surface area contributed by atoms with E-state index in [4.69, 9.17) is 5.73 Å². The standard InChI is InChI=1S/C16H19FN2O2/c1-11(12-4-6-14(17)7-5-12)9-15(20)19-8-2-3-13(10-19)16(18)21/h4-7,9,13H,2-3,8,10H2,1H3,(H2,18,21)/b11-9+/t13-/m1/s1. The van der Waals surface area contributed by atoms with Gasteiger partial charge in [-0.1, -0.05) is 12.1 Å². The highest BCUT2D eigenvalue weighted by Crippen LogP contribution is 2.19. The first-order chi connectivity index (χ1) is 9.97. The molecule has 0 saturated carbocycles. The number of hydrogen-bond donors (Lipinski definition) is 1. The van der Waals surface area contributed by atoms with E-state index in [1.165, 1.54) is 18.2 Å². The Morgan fingerprint density at radius 1 is 1.33 bits per heavy atom. The van der Waals surface area contributed by atoms with E-state index in [0.29, 0.717) is 13.1 Å². The van der Waals surface area contributed by atoms with Gasteiger partial charge in [0.25, 0.3) is 0 Å². The summed E-state index contributed by atoms with van der Waals surface area (Å²) in [6.45, 7) is 2.82. The van der Waals surface area contributed by atoms with Gasteiger partial charge in [-0.25, -0.2) is 4.39 Å². The highest BCUT2D eigenvalue weighted by molar-refractivity contribution is 5.95. The fraction of sp³-hybridized carbons (Fsp3) is 0.375. The second-order valence-corrected chi connectivity index (χ2v) is 5.36. The van der Waals surface area contributed by atoms with Crippen molar-refractivity contribution in [3.8, 4) is 0 Å². The molecule has 1 atom stereocenters. The van der Waals surface area contributed by atoms with Crippen LogP contribution in [0.25, 0.3) is 5.57 Å². The first-order valence-electron chi connectivity index (χ1n) is 7.00. The third kappa shape index (κ3) is 3.90. The van der Waals surface area contributed by atoms with Gasteiger partial charge in [0.15, 0.2) is 0 Å². The first-order valence-corrected chi connectivity index (χ1v) is 7.00. The molecular weight excluding hydrogens is 271 g/mol. The number of nitrogens with zero attached hydrogens (tertiary/aromatic N) is 1. The van der Waals surface area contributed by atoms with Crippen molar-refractivity contribution in [1.82, 2.24) is 4.90 Å². The quantitative estimate of drug-likeness (QED) is 0.865. The minimum Gasteiger partial charge on any atom is -0.369 e. The molecule has 0 bridgehead atoms. The number of carbonyl (C=O) groups excluding carboxylic acids is 2. The molecule has 2 amide bonds. The minimum atomic E-state index is -0.355. The number of hydrogen-bond acceptors (Lipinski definition) is 2. The summed E-state index contributed by atoms with van der Waals surface area (Å²) in [7, 11) is 0. The van der Waals surface area contributed by atoms with Crippen LogP contribution >= 0.6 is 0 Å². The molecule has 4 nitrogen and oxygen atoms in total. The molecule has 112 valence electrons. The Kier molecular flexibility index (Phi) is 4.73. The highest BCUT2D eigenvalue weighted by atomic mass is 19.1. The van der Waals surface area contributed by atoms with Crippen LogP contribution < -0.4 is 5.73 Å². The molecule has 2 rings (SSSR count). The van der Waals surface area contributed by atoms with Crippen LogP contribution in [0.15, 0.2) is 30.3 Å². The van der Waals surface area contributed by atoms with Gasteiger partial charge >= 0.3 is 0 Å². The number of carbonyl (C=O) groups is 2. The van der Waals surface area contributed by atoms with Gasteiger partial charge in [0.1, 0.15) is 5.82 Å². The van der Waals surface area contributed by atoms with Gasteiger partial charge in [-0.15, -0.1) is 0 Å². The van der Waals surface area contributed by atoms with Gasteiger partial charge in [-0.2, -0.15) is 0 Å². The van der Waals surface area contributed by atoms with E-state index in [1.807, 2.05) is 0 Å². The molecule has 2 N–H and O–H groups in total. The number of piperidine rings is 1. The van der Waals surface area contributed by atoms with E-state index in [-0.39, 0.29) is 23.5 Å². The number of nitrogens with two attached hydrogens (primary N) is 1. The van der Waals surface area contributed by atoms with Crippen molar-refractivity contribution >= 4 is 17.4 Å². The monoisotopic (exact) mass is 290 g/mol. The predicted octanol–water partition coefficient (Wildman–Crippen LogP) is 1.95. The normalized spacial score (nSPS) is 19.4. The average molecular weight is 290 g/mol. The second kappa shape index (κ2) is 6.52. The number of primary amides is 1. The zero-order valence-electron chi connectivity index (χ0n) is 12.0. The van der Waals surface area contributed by atoms with Crippen LogP contribution in [0.3, 0.4) is 0 Å². The van der Waals surface area contributed by atoms with Crippen molar-refractivity contribution in [2.45, 2.75) is 19.8 Å². The van der Waals surface area contributed by atoms with Crippen LogP contribution in [0.4, 0.5) is 4.39 Å². The Balaban J connectivity index is 2.07. The lowest BCUT2D eigenvalue weighted by Gasteiger charge is -2.30. The van der Waals surface area contributed by atoms with Crippen LogP contribution in [0.2, 0.25) is 0 Å². The Morgan fingerprint density at radius 3 is 2.62 bits per heavy atom. The van der Waals surface area contributed by atoms with E-state index in [9.17, 15) is 14.0 Å². The molecule has 5 heteroatoms. The lowest BCUT2D eigenvalue weighted by molar-refractivity contribution is -0.130. The van der Waals surface area contributed by atoms with Crippen molar-refractivity contribution in [1.29, 1.82) is 0 Å². The Morgan fingerprint density at radius 2 is 2.00 bits per heavy atom. The summed E-state index contributed by atoms with van der Waals surface area (Å²) in [5.74, 6) is -1.06. The van der Waals surface area contributed by atoms with Crippen molar-refractivity contribution in [2.24, 2.45) is 11.7 Å². The van der Waals surface area contributed by atoms with Gasteiger partial charge in [0.2, 0.25) is 11.8 Å². The maximum absolute atomic E-state index is 12.9. The zero-order valence-corrected chi connectivity index (χ0v) is 12.0. The van der Waals surface area contributed by atoms with E-state index in [2.05, 4.69) is 0 Å². The third-order valence-corrected chi connectivity index (χ3v) is 3.77. The average Bonchev–Trinajstić information content (AvgIpc) is 2.48. The van der Waals surface area contributed by atoms with Crippen molar-refractivity contribution in [3.63, 3.8) is 0 Å². The number of amides is 2. The lowest BCUT2D eigenvalue weighted by Crippen LogP contribution is -2.43. The van der Waals surface area contributed by atoms with E-state index in [1.54, 1.807) is 24.0 Å². The van der Waals surface area contributed by atoms with Gasteiger partial charge in [-0.3, -0.25) is 9.59 Å². The molecule has 1 fully saturated rings. The van der Waals surface area contributed by atoms with Crippen molar-refractivity contribution in [2.75, 3.05) is 13.1 Å². The summed E-state index contributed by atoms with van der Waals surface area (Å²) in [4.78, 5) is 25.1. The molecule has 1 saturated heterocycles. The SMILES string of the molecule is C/C(=C\C(=O)N1CCC[C@@H](C(N)=O)C1)c1ccc(F)cc1. The van der Waals surface area contributed by atoms with Gasteiger partial charge in [-0.05, 0) is 43.0 Å². The van der Waals surface area contributed by atoms with Crippen LogP contribution in [-0.4, -0.2) is 29.8 Å². The maximum Gasteiger partial charge on any atom is 0.246 e. The molecule has 1 aliphatic heterocycles. The molecular formula is C16H19FN2O2. The maximum atomic E-state index is 12.9. The van der Waals surface area contributed by atoms with E-state index >= 15 is 0 Å². The second-order valence-electron chi connectivity index (χ2n) is 5.36. The molecule has 1 heterocycles. The number of halogens is 1. The molecule has 21 heavy (non-hydrogen) atoms. The van der Waals surface area contributed by atoms with Gasteiger partial charge in [0.05, 0.1) is 5.92 Å². The van der Waals surface area contributed by atoms with Crippen molar-refractivity contribution in [3.05, 3.63) is 41.7 Å². The smallest absolute Gasteiger partial charge is 0.246 e. The summed E-state index contributed by atoms with van der Waals surface area (Å²) < 4.78 is 12.9. The first kappa shape index (κ1) is 15.2. The highest BCUT2D eigenvalue weighted by Gasteiger charge is 2.26. The topological polar surface area (TPSA) is 63.4 Å². The number of likely N-dealkylation sites (tertiary alicyclic amines) is 1. The molecule has 1 aromatic carbocycles. The van der Waals surface area contributed by atoms with Crippen LogP contribution in [-0.2, 0) is 9.59 Å². The third-order valence-electron chi connectivity index (χ3n) is 3.77. The van der Waals surface area contributed by atoms with E-state index in [0.717, 1.165) is 24.0 Å². The Hall–Kier alpha value is -2.17. The summed E-state index contributed by atoms with van der Waals surface area (Å²) in [6, 6.07) is 6.00. The van der Waals surface area contributed by atoms with Crippen LogP contribution in [0, 0.1) is 11.7 Å². The molecule has 1 aliphatic rings. The lowest BCUT2D eigenvalue weighted by atomic mass is 9.97. The van der Waals surface area contributed by atoms with Crippen LogP contribution in [0.5, 0.6) is 0 Å². The zero-order chi connectivity index (χ0) is 15.4. The fourth-order valence-electron chi connectivity index (χ4n) is 2.48. The molecule has 1 aromatic rings. The molecule has 0 spiro atoms. The number of allylic oxidation sites excluding steroid dienone is 1. The van der Waals surface area contributed by atoms with E-state index < -0.39 is 0 Å². The largest absolute Gasteiger partial charge is 0.369 e. The molecule has 0 radical (unpaired) electrons. The Labute approximate surface area is 123 Å². The molecule has 0 aromatic heterocycles. The predicted molar refractivity (Wildman–Crippen MR) is 78.5 cm³/mol.